The maximum atomic E-state index is 13.3. The Morgan fingerprint density at radius 2 is 1.94 bits per heavy atom. The van der Waals surface area contributed by atoms with Crippen LogP contribution in [0.5, 0.6) is 5.75 Å². The van der Waals surface area contributed by atoms with E-state index in [4.69, 9.17) is 13.9 Å². The number of rotatable bonds is 8. The summed E-state index contributed by atoms with van der Waals surface area (Å²) in [4.78, 5) is 38.0. The van der Waals surface area contributed by atoms with Crippen LogP contribution in [-0.4, -0.2) is 37.5 Å². The van der Waals surface area contributed by atoms with Gasteiger partial charge in [-0.25, -0.2) is 9.18 Å². The highest BCUT2D eigenvalue weighted by molar-refractivity contribution is 5.83. The minimum atomic E-state index is -0.605. The molecule has 168 valence electrons. The zero-order valence-corrected chi connectivity index (χ0v) is 18.1. The van der Waals surface area contributed by atoms with Crippen molar-refractivity contribution in [3.63, 3.8) is 0 Å². The van der Waals surface area contributed by atoms with Crippen LogP contribution in [0.15, 0.2) is 51.7 Å². The fraction of sp³-hybridized carbons (Fsp3) is 0.292. The Morgan fingerprint density at radius 3 is 2.66 bits per heavy atom. The summed E-state index contributed by atoms with van der Waals surface area (Å²) < 4.78 is 28.8. The van der Waals surface area contributed by atoms with Gasteiger partial charge >= 0.3 is 11.6 Å². The lowest BCUT2D eigenvalue weighted by Gasteiger charge is -2.17. The summed E-state index contributed by atoms with van der Waals surface area (Å²) in [6.07, 6.45) is 0.0520. The van der Waals surface area contributed by atoms with Crippen molar-refractivity contribution in [3.05, 3.63) is 75.4 Å². The molecule has 0 saturated carbocycles. The number of carbonyl (C=O) groups excluding carboxylic acids is 2. The van der Waals surface area contributed by atoms with Crippen LogP contribution >= 0.6 is 0 Å². The van der Waals surface area contributed by atoms with Crippen LogP contribution in [0.4, 0.5) is 4.39 Å². The fourth-order valence-electron chi connectivity index (χ4n) is 3.34. The molecule has 1 heterocycles. The minimum absolute atomic E-state index is 0.0752. The van der Waals surface area contributed by atoms with Crippen LogP contribution in [-0.2, 0) is 27.3 Å². The molecule has 0 N–H and O–H groups in total. The molecule has 0 spiro atoms. The van der Waals surface area contributed by atoms with E-state index in [1.54, 1.807) is 44.3 Å². The number of amides is 1. The van der Waals surface area contributed by atoms with Gasteiger partial charge in [0.15, 0.2) is 6.61 Å². The smallest absolute Gasteiger partial charge is 0.339 e. The first-order chi connectivity index (χ1) is 15.3. The van der Waals surface area contributed by atoms with Gasteiger partial charge in [0.05, 0.1) is 7.11 Å². The number of methoxy groups -OCH3 is 1. The molecule has 3 aromatic rings. The monoisotopic (exact) mass is 441 g/mol. The number of hydrogen-bond donors (Lipinski definition) is 0. The molecule has 0 aliphatic heterocycles. The Hall–Kier alpha value is -3.68. The van der Waals surface area contributed by atoms with Crippen LogP contribution in [0.2, 0.25) is 0 Å². The first-order valence-electron chi connectivity index (χ1n) is 10.0. The number of aryl methyl sites for hydroxylation is 1. The van der Waals surface area contributed by atoms with Crippen LogP contribution in [0.1, 0.15) is 23.1 Å². The Morgan fingerprint density at radius 1 is 1.16 bits per heavy atom. The maximum Gasteiger partial charge on any atom is 0.339 e. The van der Waals surface area contributed by atoms with Gasteiger partial charge < -0.3 is 18.8 Å². The largest absolute Gasteiger partial charge is 0.497 e. The molecular formula is C24H24FNO6. The highest BCUT2D eigenvalue weighted by atomic mass is 19.1. The SMILES string of the molecule is COc1ccc2c(C)c(CCC(=O)OCC(=O)N(C)Cc3cccc(F)c3)c(=O)oc2c1. The normalized spacial score (nSPS) is 10.8. The first kappa shape index (κ1) is 23.0. The fourth-order valence-corrected chi connectivity index (χ4v) is 3.34. The van der Waals surface area contributed by atoms with Crippen molar-refractivity contribution in [2.24, 2.45) is 0 Å². The van der Waals surface area contributed by atoms with E-state index >= 15 is 0 Å². The van der Waals surface area contributed by atoms with Crippen LogP contribution in [0.25, 0.3) is 11.0 Å². The summed E-state index contributed by atoms with van der Waals surface area (Å²) >= 11 is 0. The second-order valence-electron chi connectivity index (χ2n) is 7.40. The lowest BCUT2D eigenvalue weighted by atomic mass is 10.0. The highest BCUT2D eigenvalue weighted by Gasteiger charge is 2.16. The molecule has 3 rings (SSSR count). The second kappa shape index (κ2) is 10.1. The van der Waals surface area contributed by atoms with Gasteiger partial charge in [0, 0.05) is 37.0 Å². The van der Waals surface area contributed by atoms with Crippen LogP contribution in [0.3, 0.4) is 0 Å². The Bertz CT molecular complexity index is 1200. The Balaban J connectivity index is 1.56. The Kier molecular flexibility index (Phi) is 7.25. The van der Waals surface area contributed by atoms with Gasteiger partial charge in [-0.05, 0) is 48.7 Å². The van der Waals surface area contributed by atoms with Gasteiger partial charge in [0.25, 0.3) is 5.91 Å². The Labute approximate surface area is 184 Å². The number of benzene rings is 2. The van der Waals surface area contributed by atoms with Crippen molar-refractivity contribution in [2.45, 2.75) is 26.3 Å². The van der Waals surface area contributed by atoms with Gasteiger partial charge in [0.2, 0.25) is 0 Å². The van der Waals surface area contributed by atoms with Gasteiger partial charge in [-0.1, -0.05) is 12.1 Å². The first-order valence-corrected chi connectivity index (χ1v) is 10.0. The number of hydrogen-bond acceptors (Lipinski definition) is 6. The lowest BCUT2D eigenvalue weighted by molar-refractivity contribution is -0.151. The molecule has 1 aromatic heterocycles. The predicted octanol–water partition coefficient (Wildman–Crippen LogP) is 3.38. The van der Waals surface area contributed by atoms with Crippen LogP contribution in [0, 0.1) is 12.7 Å². The van der Waals surface area contributed by atoms with Crippen molar-refractivity contribution < 1.29 is 27.9 Å². The predicted molar refractivity (Wildman–Crippen MR) is 116 cm³/mol. The summed E-state index contributed by atoms with van der Waals surface area (Å²) in [5, 5.41) is 0.753. The zero-order valence-electron chi connectivity index (χ0n) is 18.1. The summed E-state index contributed by atoms with van der Waals surface area (Å²) in [5.74, 6) is -0.838. The molecule has 0 radical (unpaired) electrons. The van der Waals surface area contributed by atoms with Gasteiger partial charge in [-0.15, -0.1) is 0 Å². The number of nitrogens with zero attached hydrogens (tertiary/aromatic N) is 1. The third kappa shape index (κ3) is 5.51. The molecule has 0 saturated heterocycles. The lowest BCUT2D eigenvalue weighted by Crippen LogP contribution is -2.31. The molecule has 8 heteroatoms. The average Bonchev–Trinajstić information content (AvgIpc) is 2.76. The molecule has 0 aliphatic carbocycles. The molecule has 2 aromatic carbocycles. The molecule has 7 nitrogen and oxygen atoms in total. The van der Waals surface area contributed by atoms with Crippen molar-refractivity contribution in [1.29, 1.82) is 0 Å². The number of ether oxygens (including phenoxy) is 2. The summed E-state index contributed by atoms with van der Waals surface area (Å²) in [6.45, 7) is 1.54. The van der Waals surface area contributed by atoms with Crippen molar-refractivity contribution in [3.8, 4) is 5.75 Å². The topological polar surface area (TPSA) is 86.0 Å². The van der Waals surface area contributed by atoms with E-state index < -0.39 is 24.1 Å². The van der Waals surface area contributed by atoms with Gasteiger partial charge in [-0.2, -0.15) is 0 Å². The number of carbonyl (C=O) groups is 2. The third-order valence-electron chi connectivity index (χ3n) is 5.16. The second-order valence-corrected chi connectivity index (χ2v) is 7.40. The molecule has 1 amide bonds. The summed E-state index contributed by atoms with van der Waals surface area (Å²) in [6, 6.07) is 11.1. The molecule has 0 bridgehead atoms. The van der Waals surface area contributed by atoms with Gasteiger partial charge in [-0.3, -0.25) is 9.59 Å². The van der Waals surface area contributed by atoms with E-state index in [0.29, 0.717) is 22.5 Å². The van der Waals surface area contributed by atoms with E-state index in [1.807, 2.05) is 0 Å². The molecule has 0 unspecified atom stereocenters. The van der Waals surface area contributed by atoms with E-state index in [-0.39, 0.29) is 25.2 Å². The number of esters is 1. The molecule has 0 atom stereocenters. The van der Waals surface area contributed by atoms with E-state index in [1.165, 1.54) is 24.1 Å². The van der Waals surface area contributed by atoms with Gasteiger partial charge in [0.1, 0.15) is 17.1 Å². The number of fused-ring (bicyclic) bond motifs is 1. The van der Waals surface area contributed by atoms with E-state index in [0.717, 1.165) is 10.9 Å². The molecule has 0 aliphatic rings. The summed E-state index contributed by atoms with van der Waals surface area (Å²) in [7, 11) is 3.07. The minimum Gasteiger partial charge on any atom is -0.497 e. The number of likely N-dealkylation sites (N-methyl/N-ethyl adjacent to an activating group) is 1. The van der Waals surface area contributed by atoms with E-state index in [9.17, 15) is 18.8 Å². The maximum absolute atomic E-state index is 13.3. The number of halogens is 1. The summed E-state index contributed by atoms with van der Waals surface area (Å²) in [5.41, 5.74) is 1.61. The quantitative estimate of drug-likeness (QED) is 0.394. The molecule has 32 heavy (non-hydrogen) atoms. The zero-order chi connectivity index (χ0) is 23.3. The third-order valence-corrected chi connectivity index (χ3v) is 5.16. The molecule has 0 fully saturated rings. The van der Waals surface area contributed by atoms with Crippen molar-refractivity contribution >= 4 is 22.8 Å². The van der Waals surface area contributed by atoms with Crippen LogP contribution < -0.4 is 10.4 Å². The average molecular weight is 441 g/mol. The van der Waals surface area contributed by atoms with Crippen molar-refractivity contribution in [2.75, 3.05) is 20.8 Å². The standard InChI is InChI=1S/C24H24FNO6/c1-15-19-8-7-18(30-3)12-21(19)32-24(29)20(15)9-10-23(28)31-14-22(27)26(2)13-16-5-4-6-17(25)11-16/h4-8,11-12H,9-10,13-14H2,1-3H3. The highest BCUT2D eigenvalue weighted by Crippen LogP contribution is 2.24. The molecular weight excluding hydrogens is 417 g/mol. The van der Waals surface area contributed by atoms with Crippen molar-refractivity contribution in [1.82, 2.24) is 4.90 Å². The van der Waals surface area contributed by atoms with E-state index in [2.05, 4.69) is 0 Å².